The fourth-order valence-corrected chi connectivity index (χ4v) is 0.342. The largest absolute Gasteiger partial charge is 2.00 e. The predicted molar refractivity (Wildman–Crippen MR) is 63.4 cm³/mol. The van der Waals surface area contributed by atoms with Gasteiger partial charge in [-0.2, -0.15) is 42.3 Å². The molecular weight excluding hydrogens is 254 g/mol. The molecule has 0 saturated heterocycles. The minimum Gasteiger partial charge on any atom is -0.481 e. The minimum absolute atomic E-state index is 0. The monoisotopic (exact) mass is 272 g/mol. The van der Waals surface area contributed by atoms with Crippen LogP contribution in [0.4, 0.5) is 0 Å². The van der Waals surface area contributed by atoms with Gasteiger partial charge in [-0.05, 0) is 0 Å². The number of carboxylic acids is 1. The second-order valence-electron chi connectivity index (χ2n) is 3.22. The van der Waals surface area contributed by atoms with Crippen molar-refractivity contribution in [1.29, 1.82) is 0 Å². The third kappa shape index (κ3) is 37.7. The maximum atomic E-state index is 9.37. The Bertz CT molecular complexity index is 193. The van der Waals surface area contributed by atoms with Gasteiger partial charge in [-0.15, -0.1) is 0 Å². The normalized spacial score (nSPS) is 7.56. The summed E-state index contributed by atoms with van der Waals surface area (Å²) in [5, 5.41) is 7.72. The van der Waals surface area contributed by atoms with E-state index < -0.39 is 5.97 Å². The first-order valence-electron chi connectivity index (χ1n) is 4.96. The van der Waals surface area contributed by atoms with Crippen LogP contribution >= 0.6 is 0 Å². The van der Waals surface area contributed by atoms with Gasteiger partial charge in [-0.1, -0.05) is 20.8 Å². The van der Waals surface area contributed by atoms with Crippen molar-refractivity contribution in [2.24, 2.45) is 5.92 Å². The number of aliphatic carboxylic acids is 1. The molecule has 1 aromatic rings. The molecule has 0 unspecified atom stereocenters. The summed E-state index contributed by atoms with van der Waals surface area (Å²) in [5.41, 5.74) is 0. The Kier molecular flexibility index (Phi) is 21.6. The molecule has 1 N–H and O–H groups in total. The molecule has 0 amide bonds. The molecule has 0 bridgehead atoms. The van der Waals surface area contributed by atoms with Gasteiger partial charge in [0.15, 0.2) is 0 Å². The minimum atomic E-state index is -0.745. The molecule has 2 nitrogen and oxygen atoms in total. The van der Waals surface area contributed by atoms with Gasteiger partial charge in [0.25, 0.3) is 0 Å². The molecule has 1 rings (SSSR count). The summed E-state index contributed by atoms with van der Waals surface area (Å²) in [5.74, 6) is -0.162. The number of carbonyl (C=O) groups is 1. The van der Waals surface area contributed by atoms with Gasteiger partial charge in [0.1, 0.15) is 0 Å². The van der Waals surface area contributed by atoms with E-state index in [0.29, 0.717) is 5.92 Å². The third-order valence-electron chi connectivity index (χ3n) is 0.910. The Labute approximate surface area is 112 Å². The van der Waals surface area contributed by atoms with Crippen LogP contribution in [0.3, 0.4) is 0 Å². The molecule has 0 radical (unpaired) electrons. The van der Waals surface area contributed by atoms with Crippen LogP contribution in [-0.4, -0.2) is 11.1 Å². The van der Waals surface area contributed by atoms with Crippen molar-refractivity contribution in [2.75, 3.05) is 0 Å². The molecule has 0 fully saturated rings. The van der Waals surface area contributed by atoms with E-state index in [1.165, 1.54) is 0 Å². The van der Waals surface area contributed by atoms with Gasteiger partial charge in [0, 0.05) is 6.42 Å². The summed E-state index contributed by atoms with van der Waals surface area (Å²) < 4.78 is 0. The molecule has 0 spiro atoms. The summed E-state index contributed by atoms with van der Waals surface area (Å²) in [6.45, 7) is 9.35. The first-order chi connectivity index (χ1) is 7.00. The SMILES string of the molecule is CCC(=O)O.[CH2-]C(C)C.[Zn+2].[c-]1ccccc1. The second kappa shape index (κ2) is 16.7. The standard InChI is InChI=1S/C6H5.C4H9.C3H6O2.Zn/c1-2-4-6-5-3-1;1-4(2)3;1-2-3(4)5;/h1-5H;4H,1H2,2-3H3;2H2,1H3,(H,4,5);/q2*-1;;+2. The average molecular weight is 274 g/mol. The molecule has 0 aromatic heterocycles. The number of hydrogen-bond donors (Lipinski definition) is 1. The van der Waals surface area contributed by atoms with Crippen molar-refractivity contribution in [1.82, 2.24) is 0 Å². The van der Waals surface area contributed by atoms with Crippen molar-refractivity contribution in [3.63, 3.8) is 0 Å². The van der Waals surface area contributed by atoms with E-state index in [4.69, 9.17) is 5.11 Å². The van der Waals surface area contributed by atoms with Crippen LogP contribution in [0.1, 0.15) is 27.2 Å². The van der Waals surface area contributed by atoms with E-state index in [1.807, 2.05) is 30.3 Å². The zero-order valence-corrected chi connectivity index (χ0v) is 13.4. The van der Waals surface area contributed by atoms with Gasteiger partial charge in [-0.25, -0.2) is 0 Å². The van der Waals surface area contributed by atoms with Crippen molar-refractivity contribution in [2.45, 2.75) is 27.2 Å². The van der Waals surface area contributed by atoms with Gasteiger partial charge in [0.2, 0.25) is 0 Å². The molecule has 0 heterocycles. The number of rotatable bonds is 1. The molecule has 1 aromatic carbocycles. The molecule has 0 atom stereocenters. The van der Waals surface area contributed by atoms with Crippen LogP contribution in [-0.2, 0) is 24.3 Å². The number of benzene rings is 1. The van der Waals surface area contributed by atoms with Crippen LogP contribution in [0.15, 0.2) is 30.3 Å². The molecule has 16 heavy (non-hydrogen) atoms. The van der Waals surface area contributed by atoms with Gasteiger partial charge < -0.3 is 12.0 Å². The van der Waals surface area contributed by atoms with Crippen LogP contribution in [0, 0.1) is 18.9 Å². The van der Waals surface area contributed by atoms with Gasteiger partial charge in [0.05, 0.1) is 0 Å². The maximum absolute atomic E-state index is 9.37. The maximum Gasteiger partial charge on any atom is 2.00 e. The summed E-state index contributed by atoms with van der Waals surface area (Å²) >= 11 is 0. The third-order valence-corrected chi connectivity index (χ3v) is 0.910. The zero-order chi connectivity index (χ0) is 12.1. The molecule has 86 valence electrons. The van der Waals surface area contributed by atoms with Crippen molar-refractivity contribution < 1.29 is 29.4 Å². The second-order valence-corrected chi connectivity index (χ2v) is 3.22. The molecule has 0 aliphatic heterocycles. The Balaban J connectivity index is -0.000000158. The van der Waals surface area contributed by atoms with E-state index in [-0.39, 0.29) is 25.9 Å². The quantitative estimate of drug-likeness (QED) is 0.629. The Hall–Kier alpha value is -0.687. The summed E-state index contributed by atoms with van der Waals surface area (Å²) in [6.07, 6.45) is 0.222. The van der Waals surface area contributed by atoms with E-state index in [9.17, 15) is 4.79 Å². The molecule has 0 aliphatic rings. The van der Waals surface area contributed by atoms with Gasteiger partial charge in [-0.3, -0.25) is 4.79 Å². The number of hydrogen-bond acceptors (Lipinski definition) is 1. The summed E-state index contributed by atoms with van der Waals surface area (Å²) in [7, 11) is 0. The summed E-state index contributed by atoms with van der Waals surface area (Å²) in [4.78, 5) is 9.37. The van der Waals surface area contributed by atoms with Crippen LogP contribution in [0.2, 0.25) is 0 Å². The van der Waals surface area contributed by atoms with E-state index in [0.717, 1.165) is 0 Å². The zero-order valence-electron chi connectivity index (χ0n) is 10.4. The predicted octanol–water partition coefficient (Wildman–Crippen LogP) is 3.44. The molecule has 0 aliphatic carbocycles. The smallest absolute Gasteiger partial charge is 0.481 e. The number of carboxylic acid groups (broad SMARTS) is 1. The molecular formula is C13H20O2Zn. The van der Waals surface area contributed by atoms with Crippen molar-refractivity contribution in [3.05, 3.63) is 43.3 Å². The van der Waals surface area contributed by atoms with Crippen molar-refractivity contribution >= 4 is 5.97 Å². The fourth-order valence-electron chi connectivity index (χ4n) is 0.342. The average Bonchev–Trinajstić information content (AvgIpc) is 2.20. The van der Waals surface area contributed by atoms with Crippen LogP contribution < -0.4 is 0 Å². The topological polar surface area (TPSA) is 37.3 Å². The Morgan fingerprint density at radius 3 is 1.69 bits per heavy atom. The van der Waals surface area contributed by atoms with Gasteiger partial charge >= 0.3 is 25.4 Å². The molecule has 0 saturated carbocycles. The van der Waals surface area contributed by atoms with E-state index in [1.54, 1.807) is 6.92 Å². The van der Waals surface area contributed by atoms with E-state index >= 15 is 0 Å². The van der Waals surface area contributed by atoms with E-state index in [2.05, 4.69) is 26.8 Å². The first-order valence-corrected chi connectivity index (χ1v) is 4.96. The first kappa shape index (κ1) is 20.7. The molecule has 3 heteroatoms. The van der Waals surface area contributed by atoms with Crippen LogP contribution in [0.25, 0.3) is 0 Å². The Morgan fingerprint density at radius 1 is 1.31 bits per heavy atom. The summed E-state index contributed by atoms with van der Waals surface area (Å²) in [6, 6.07) is 12.5. The van der Waals surface area contributed by atoms with Crippen LogP contribution in [0.5, 0.6) is 0 Å². The fraction of sp³-hybridized carbons (Fsp3) is 0.385. The Morgan fingerprint density at radius 2 is 1.62 bits per heavy atom. The van der Waals surface area contributed by atoms with Crippen molar-refractivity contribution in [3.8, 4) is 0 Å².